The second-order valence-electron chi connectivity index (χ2n) is 5.32. The minimum Gasteiger partial charge on any atom is -0.459 e. The second kappa shape index (κ2) is 8.17. The Labute approximate surface area is 144 Å². The molecule has 7 nitrogen and oxygen atoms in total. The summed E-state index contributed by atoms with van der Waals surface area (Å²) in [6.07, 6.45) is 2.58. The first-order valence-electron chi connectivity index (χ1n) is 7.75. The smallest absolute Gasteiger partial charge is 0.318 e. The lowest BCUT2D eigenvalue weighted by atomic mass is 10.1. The number of aromatic nitrogens is 2. The molecule has 1 aliphatic heterocycles. The van der Waals surface area contributed by atoms with E-state index in [1.54, 1.807) is 24.5 Å². The van der Waals surface area contributed by atoms with Gasteiger partial charge in [0.15, 0.2) is 11.6 Å². The van der Waals surface area contributed by atoms with Crippen molar-refractivity contribution in [3.63, 3.8) is 0 Å². The number of nitrogens with zero attached hydrogens (tertiary/aromatic N) is 5. The van der Waals surface area contributed by atoms with Crippen LogP contribution in [0.25, 0.3) is 0 Å². The fraction of sp³-hybridized carbons (Fsp3) is 0.294. The van der Waals surface area contributed by atoms with Crippen LogP contribution < -0.4 is 4.74 Å². The van der Waals surface area contributed by atoms with Crippen LogP contribution in [0.2, 0.25) is 0 Å². The third-order valence-corrected chi connectivity index (χ3v) is 3.52. The van der Waals surface area contributed by atoms with Crippen molar-refractivity contribution in [2.75, 3.05) is 26.3 Å². The summed E-state index contributed by atoms with van der Waals surface area (Å²) in [5.41, 5.74) is 1.34. The van der Waals surface area contributed by atoms with Crippen molar-refractivity contribution in [3.8, 4) is 12.1 Å². The fourth-order valence-electron chi connectivity index (χ4n) is 2.21. The van der Waals surface area contributed by atoms with Crippen molar-refractivity contribution in [3.05, 3.63) is 47.4 Å². The van der Waals surface area contributed by atoms with Gasteiger partial charge in [-0.3, -0.25) is 0 Å². The van der Waals surface area contributed by atoms with Crippen LogP contribution in [0.1, 0.15) is 11.1 Å². The summed E-state index contributed by atoms with van der Waals surface area (Å²) in [7, 11) is 0. The van der Waals surface area contributed by atoms with Crippen molar-refractivity contribution in [2.45, 2.75) is 6.61 Å². The highest BCUT2D eigenvalue weighted by Crippen LogP contribution is 2.17. The first kappa shape index (κ1) is 16.8. The molecule has 8 heteroatoms. The Bertz CT molecular complexity index is 800. The van der Waals surface area contributed by atoms with Crippen LogP contribution in [0, 0.1) is 17.1 Å². The number of halogens is 1. The molecule has 1 aromatic carbocycles. The van der Waals surface area contributed by atoms with E-state index in [9.17, 15) is 4.39 Å². The Morgan fingerprint density at radius 2 is 2.24 bits per heavy atom. The Morgan fingerprint density at radius 3 is 3.04 bits per heavy atom. The summed E-state index contributed by atoms with van der Waals surface area (Å²) >= 11 is 0. The SMILES string of the molecule is N#Cc1cccc(COc2ncc(F)c(N=CN3CCOCC3)n2)c1. The number of aliphatic imine (C=N–C) groups is 1. The summed E-state index contributed by atoms with van der Waals surface area (Å²) in [4.78, 5) is 13.8. The standard InChI is InChI=1S/C17H16FN5O2/c18-15-10-20-17(25-11-14-3-1-2-13(8-14)9-19)22-16(15)21-12-23-4-6-24-7-5-23/h1-3,8,10,12H,4-7,11H2. The number of hydrogen-bond acceptors (Lipinski definition) is 6. The number of ether oxygens (including phenoxy) is 2. The van der Waals surface area contributed by atoms with Crippen molar-refractivity contribution in [2.24, 2.45) is 4.99 Å². The third kappa shape index (κ3) is 4.71. The van der Waals surface area contributed by atoms with E-state index in [2.05, 4.69) is 21.0 Å². The maximum Gasteiger partial charge on any atom is 0.318 e. The highest BCUT2D eigenvalue weighted by atomic mass is 19.1. The van der Waals surface area contributed by atoms with Crippen LogP contribution in [-0.2, 0) is 11.3 Å². The van der Waals surface area contributed by atoms with Gasteiger partial charge in [0.2, 0.25) is 0 Å². The van der Waals surface area contributed by atoms with Crippen molar-refractivity contribution < 1.29 is 13.9 Å². The Hall–Kier alpha value is -3.05. The number of morpholine rings is 1. The van der Waals surface area contributed by atoms with E-state index in [1.807, 2.05) is 11.0 Å². The van der Waals surface area contributed by atoms with Crippen molar-refractivity contribution in [1.29, 1.82) is 5.26 Å². The molecule has 1 saturated heterocycles. The molecule has 1 fully saturated rings. The van der Waals surface area contributed by atoms with E-state index < -0.39 is 5.82 Å². The molecule has 0 saturated carbocycles. The topological polar surface area (TPSA) is 83.6 Å². The van der Waals surface area contributed by atoms with E-state index in [-0.39, 0.29) is 18.4 Å². The van der Waals surface area contributed by atoms with E-state index in [0.717, 1.165) is 11.8 Å². The maximum absolute atomic E-state index is 13.8. The molecule has 0 unspecified atom stereocenters. The molecule has 25 heavy (non-hydrogen) atoms. The Kier molecular flexibility index (Phi) is 5.49. The molecule has 0 amide bonds. The molecule has 1 aromatic heterocycles. The molecule has 0 bridgehead atoms. The van der Waals surface area contributed by atoms with Crippen molar-refractivity contribution in [1.82, 2.24) is 14.9 Å². The van der Waals surface area contributed by atoms with Crippen LogP contribution in [-0.4, -0.2) is 47.5 Å². The van der Waals surface area contributed by atoms with Gasteiger partial charge in [-0.1, -0.05) is 12.1 Å². The number of nitriles is 1. The molecule has 0 spiro atoms. The van der Waals surface area contributed by atoms with Gasteiger partial charge in [-0.15, -0.1) is 0 Å². The molecule has 1 aliphatic rings. The van der Waals surface area contributed by atoms with Gasteiger partial charge in [0.25, 0.3) is 0 Å². The molecular formula is C17H16FN5O2. The molecular weight excluding hydrogens is 325 g/mol. The summed E-state index contributed by atoms with van der Waals surface area (Å²) < 4.78 is 24.5. The fourth-order valence-corrected chi connectivity index (χ4v) is 2.21. The average Bonchev–Trinajstić information content (AvgIpc) is 2.67. The van der Waals surface area contributed by atoms with Gasteiger partial charge in [0.05, 0.1) is 37.4 Å². The largest absolute Gasteiger partial charge is 0.459 e. The first-order valence-corrected chi connectivity index (χ1v) is 7.75. The Morgan fingerprint density at radius 1 is 1.40 bits per heavy atom. The van der Waals surface area contributed by atoms with Crippen LogP contribution in [0.4, 0.5) is 10.2 Å². The number of rotatable bonds is 5. The summed E-state index contributed by atoms with van der Waals surface area (Å²) in [6, 6.07) is 9.09. The van der Waals surface area contributed by atoms with E-state index in [0.29, 0.717) is 31.9 Å². The van der Waals surface area contributed by atoms with Gasteiger partial charge in [0, 0.05) is 13.1 Å². The minimum atomic E-state index is -0.622. The summed E-state index contributed by atoms with van der Waals surface area (Å²) in [5.74, 6) is -0.703. The number of hydrogen-bond donors (Lipinski definition) is 0. The molecule has 128 valence electrons. The van der Waals surface area contributed by atoms with Crippen molar-refractivity contribution >= 4 is 12.2 Å². The molecule has 0 N–H and O–H groups in total. The predicted molar refractivity (Wildman–Crippen MR) is 88.0 cm³/mol. The van der Waals surface area contributed by atoms with Crippen LogP contribution >= 0.6 is 0 Å². The van der Waals surface area contributed by atoms with Gasteiger partial charge in [-0.2, -0.15) is 10.2 Å². The second-order valence-corrected chi connectivity index (χ2v) is 5.32. The molecule has 2 heterocycles. The maximum atomic E-state index is 13.8. The lowest BCUT2D eigenvalue weighted by Gasteiger charge is -2.23. The van der Waals surface area contributed by atoms with Crippen LogP contribution in [0.5, 0.6) is 6.01 Å². The van der Waals surface area contributed by atoms with Crippen LogP contribution in [0.3, 0.4) is 0 Å². The molecule has 2 aromatic rings. The predicted octanol–water partition coefficient (Wildman–Crippen LogP) is 2.06. The average molecular weight is 341 g/mol. The zero-order valence-corrected chi connectivity index (χ0v) is 13.4. The first-order chi connectivity index (χ1) is 12.2. The van der Waals surface area contributed by atoms with Gasteiger partial charge in [-0.05, 0) is 17.7 Å². The lowest BCUT2D eigenvalue weighted by molar-refractivity contribution is 0.0701. The van der Waals surface area contributed by atoms with Gasteiger partial charge in [-0.25, -0.2) is 14.4 Å². The molecule has 0 radical (unpaired) electrons. The highest BCUT2D eigenvalue weighted by Gasteiger charge is 2.09. The monoisotopic (exact) mass is 341 g/mol. The van der Waals surface area contributed by atoms with Gasteiger partial charge < -0.3 is 14.4 Å². The number of benzene rings is 1. The van der Waals surface area contributed by atoms with E-state index >= 15 is 0 Å². The Balaban J connectivity index is 1.66. The molecule has 0 atom stereocenters. The lowest BCUT2D eigenvalue weighted by Crippen LogP contribution is -2.35. The molecule has 0 aliphatic carbocycles. The zero-order chi connectivity index (χ0) is 17.5. The molecule has 3 rings (SSSR count). The summed E-state index contributed by atoms with van der Waals surface area (Å²) in [5, 5.41) is 8.90. The van der Waals surface area contributed by atoms with Gasteiger partial charge >= 0.3 is 6.01 Å². The highest BCUT2D eigenvalue weighted by molar-refractivity contribution is 5.60. The van der Waals surface area contributed by atoms with Crippen LogP contribution in [0.15, 0.2) is 35.5 Å². The normalized spacial score (nSPS) is 14.5. The minimum absolute atomic E-state index is 0.0258. The zero-order valence-electron chi connectivity index (χ0n) is 13.4. The quantitative estimate of drug-likeness (QED) is 0.611. The third-order valence-electron chi connectivity index (χ3n) is 3.52. The van der Waals surface area contributed by atoms with E-state index in [4.69, 9.17) is 14.7 Å². The summed E-state index contributed by atoms with van der Waals surface area (Å²) in [6.45, 7) is 2.82. The van der Waals surface area contributed by atoms with E-state index in [1.165, 1.54) is 0 Å². The van der Waals surface area contributed by atoms with Gasteiger partial charge in [0.1, 0.15) is 6.61 Å².